The average molecular weight is 330 g/mol. The molecule has 2 atom stereocenters. The third-order valence-corrected chi connectivity index (χ3v) is 5.99. The van der Waals surface area contributed by atoms with Crippen molar-refractivity contribution in [3.63, 3.8) is 0 Å². The van der Waals surface area contributed by atoms with Crippen LogP contribution in [0, 0.1) is 5.92 Å². The van der Waals surface area contributed by atoms with E-state index in [0.717, 1.165) is 17.6 Å². The minimum absolute atomic E-state index is 0.0699. The Morgan fingerprint density at radius 1 is 1.48 bits per heavy atom. The fraction of sp³-hybridized carbons (Fsp3) is 0.643. The summed E-state index contributed by atoms with van der Waals surface area (Å²) in [5.74, 6) is 0.0608. The van der Waals surface area contributed by atoms with Crippen molar-refractivity contribution >= 4 is 27.3 Å². The predicted octanol–water partition coefficient (Wildman–Crippen LogP) is 1.99. The van der Waals surface area contributed by atoms with Crippen molar-refractivity contribution in [2.45, 2.75) is 38.8 Å². The number of carbonyl (C=O) groups is 1. The first-order valence-corrected chi connectivity index (χ1v) is 9.84. The first-order chi connectivity index (χ1) is 9.80. The molecule has 1 aromatic rings. The zero-order valence-electron chi connectivity index (χ0n) is 12.6. The van der Waals surface area contributed by atoms with E-state index in [1.54, 1.807) is 11.3 Å². The molecule has 0 spiro atoms. The summed E-state index contributed by atoms with van der Waals surface area (Å²) in [5.41, 5.74) is 0. The molecule has 1 fully saturated rings. The average Bonchev–Trinajstić information content (AvgIpc) is 3.04. The molecule has 1 saturated heterocycles. The van der Waals surface area contributed by atoms with Crippen LogP contribution in [0.5, 0.6) is 0 Å². The lowest BCUT2D eigenvalue weighted by Crippen LogP contribution is -2.47. The maximum absolute atomic E-state index is 12.5. The number of amides is 1. The highest BCUT2D eigenvalue weighted by atomic mass is 32.2. The lowest BCUT2D eigenvalue weighted by Gasteiger charge is -2.26. The molecule has 0 bridgehead atoms. The first kappa shape index (κ1) is 16.5. The van der Waals surface area contributed by atoms with Crippen LogP contribution in [-0.4, -0.2) is 37.5 Å². The van der Waals surface area contributed by atoms with Gasteiger partial charge in [-0.1, -0.05) is 19.9 Å². The van der Waals surface area contributed by atoms with Crippen LogP contribution in [0.4, 0.5) is 0 Å². The molecule has 0 saturated carbocycles. The molecule has 0 unspecified atom stereocenters. The largest absolute Gasteiger partial charge is 0.347 e. The molecule has 0 aliphatic carbocycles. The van der Waals surface area contributed by atoms with Gasteiger partial charge in [-0.25, -0.2) is 8.42 Å². The summed E-state index contributed by atoms with van der Waals surface area (Å²) in [6.45, 7) is 4.53. The van der Waals surface area contributed by atoms with Gasteiger partial charge in [-0.05, 0) is 30.2 Å². The molecule has 2 heterocycles. The van der Waals surface area contributed by atoms with Gasteiger partial charge in [0.1, 0.15) is 6.04 Å². The summed E-state index contributed by atoms with van der Waals surface area (Å²) < 4.78 is 24.8. The third-order valence-electron chi connectivity index (χ3n) is 3.75. The van der Waals surface area contributed by atoms with Gasteiger partial charge in [-0.15, -0.1) is 11.3 Å². The summed E-state index contributed by atoms with van der Waals surface area (Å²) in [6.07, 6.45) is 2.49. The number of carbonyl (C=O) groups excluding carboxylic acids is 1. The summed E-state index contributed by atoms with van der Waals surface area (Å²) in [6, 6.07) is 3.32. The van der Waals surface area contributed by atoms with E-state index in [1.165, 1.54) is 4.31 Å². The first-order valence-electron chi connectivity index (χ1n) is 7.11. The van der Waals surface area contributed by atoms with Crippen molar-refractivity contribution in [3.05, 3.63) is 22.4 Å². The highest BCUT2D eigenvalue weighted by Gasteiger charge is 2.37. The SMILES string of the molecule is CC(C)[C@H](NC(=O)[C@@H]1CCCN1S(C)(=O)=O)c1cccs1. The van der Waals surface area contributed by atoms with Crippen LogP contribution in [0.15, 0.2) is 17.5 Å². The number of nitrogens with zero attached hydrogens (tertiary/aromatic N) is 1. The third kappa shape index (κ3) is 3.84. The summed E-state index contributed by atoms with van der Waals surface area (Å²) in [4.78, 5) is 13.6. The summed E-state index contributed by atoms with van der Waals surface area (Å²) in [5, 5.41) is 5.01. The molecule has 1 amide bonds. The van der Waals surface area contributed by atoms with E-state index in [9.17, 15) is 13.2 Å². The van der Waals surface area contributed by atoms with Gasteiger partial charge in [-0.2, -0.15) is 4.31 Å². The lowest BCUT2D eigenvalue weighted by atomic mass is 10.0. The maximum atomic E-state index is 12.5. The van der Waals surface area contributed by atoms with Crippen LogP contribution in [0.25, 0.3) is 0 Å². The fourth-order valence-corrected chi connectivity index (χ4v) is 4.76. The number of hydrogen-bond acceptors (Lipinski definition) is 4. The van der Waals surface area contributed by atoms with Gasteiger partial charge in [0.15, 0.2) is 0 Å². The molecule has 5 nitrogen and oxygen atoms in total. The molecule has 1 aliphatic heterocycles. The van der Waals surface area contributed by atoms with E-state index >= 15 is 0 Å². The van der Waals surface area contributed by atoms with Crippen molar-refractivity contribution < 1.29 is 13.2 Å². The molecule has 2 rings (SSSR count). The van der Waals surface area contributed by atoms with E-state index in [-0.39, 0.29) is 17.9 Å². The van der Waals surface area contributed by atoms with E-state index in [4.69, 9.17) is 0 Å². The van der Waals surface area contributed by atoms with Gasteiger partial charge in [-0.3, -0.25) is 4.79 Å². The van der Waals surface area contributed by atoms with Crippen molar-refractivity contribution in [2.75, 3.05) is 12.8 Å². The Kier molecular flexibility index (Phi) is 5.06. The van der Waals surface area contributed by atoms with Crippen LogP contribution < -0.4 is 5.32 Å². The Morgan fingerprint density at radius 3 is 2.71 bits per heavy atom. The fourth-order valence-electron chi connectivity index (χ4n) is 2.68. The smallest absolute Gasteiger partial charge is 0.238 e. The Labute approximate surface area is 130 Å². The van der Waals surface area contributed by atoms with Crippen LogP contribution >= 0.6 is 11.3 Å². The Balaban J connectivity index is 2.12. The number of sulfonamides is 1. The normalized spacial score (nSPS) is 21.6. The minimum Gasteiger partial charge on any atom is -0.347 e. The zero-order valence-corrected chi connectivity index (χ0v) is 14.2. The highest BCUT2D eigenvalue weighted by molar-refractivity contribution is 7.88. The van der Waals surface area contributed by atoms with Gasteiger partial charge in [0.25, 0.3) is 0 Å². The predicted molar refractivity (Wildman–Crippen MR) is 84.6 cm³/mol. The van der Waals surface area contributed by atoms with Crippen molar-refractivity contribution in [2.24, 2.45) is 5.92 Å². The summed E-state index contributed by atoms with van der Waals surface area (Å²) >= 11 is 1.60. The zero-order chi connectivity index (χ0) is 15.6. The van der Waals surface area contributed by atoms with Crippen molar-refractivity contribution in [3.8, 4) is 0 Å². The minimum atomic E-state index is -3.33. The highest BCUT2D eigenvalue weighted by Crippen LogP contribution is 2.27. The molecular formula is C14H22N2O3S2. The topological polar surface area (TPSA) is 66.5 Å². The quantitative estimate of drug-likeness (QED) is 0.898. The van der Waals surface area contributed by atoms with Crippen LogP contribution in [-0.2, 0) is 14.8 Å². The molecule has 0 aromatic carbocycles. The van der Waals surface area contributed by atoms with Crippen LogP contribution in [0.3, 0.4) is 0 Å². The maximum Gasteiger partial charge on any atom is 0.238 e. The Morgan fingerprint density at radius 2 is 2.19 bits per heavy atom. The number of nitrogens with one attached hydrogen (secondary N) is 1. The lowest BCUT2D eigenvalue weighted by molar-refractivity contribution is -0.125. The van der Waals surface area contributed by atoms with E-state index < -0.39 is 16.1 Å². The van der Waals surface area contributed by atoms with Crippen LogP contribution in [0.1, 0.15) is 37.6 Å². The monoisotopic (exact) mass is 330 g/mol. The number of thiophene rings is 1. The van der Waals surface area contributed by atoms with Gasteiger partial charge in [0.05, 0.1) is 12.3 Å². The van der Waals surface area contributed by atoms with Gasteiger partial charge >= 0.3 is 0 Å². The van der Waals surface area contributed by atoms with E-state index in [0.29, 0.717) is 13.0 Å². The molecule has 118 valence electrons. The second-order valence-electron chi connectivity index (χ2n) is 5.78. The molecule has 0 radical (unpaired) electrons. The molecule has 1 aliphatic rings. The van der Waals surface area contributed by atoms with Crippen molar-refractivity contribution in [1.82, 2.24) is 9.62 Å². The number of hydrogen-bond donors (Lipinski definition) is 1. The second kappa shape index (κ2) is 6.46. The van der Waals surface area contributed by atoms with E-state index in [2.05, 4.69) is 5.32 Å². The van der Waals surface area contributed by atoms with Gasteiger partial charge in [0, 0.05) is 11.4 Å². The Bertz CT molecular complexity index is 581. The van der Waals surface area contributed by atoms with E-state index in [1.807, 2.05) is 31.4 Å². The van der Waals surface area contributed by atoms with Crippen molar-refractivity contribution in [1.29, 1.82) is 0 Å². The molecule has 1 aromatic heterocycles. The van der Waals surface area contributed by atoms with Gasteiger partial charge < -0.3 is 5.32 Å². The second-order valence-corrected chi connectivity index (χ2v) is 8.69. The van der Waals surface area contributed by atoms with Gasteiger partial charge in [0.2, 0.25) is 15.9 Å². The Hall–Kier alpha value is -0.920. The molecular weight excluding hydrogens is 308 g/mol. The van der Waals surface area contributed by atoms with Crippen LogP contribution in [0.2, 0.25) is 0 Å². The molecule has 7 heteroatoms. The molecule has 1 N–H and O–H groups in total. The number of rotatable bonds is 5. The summed E-state index contributed by atoms with van der Waals surface area (Å²) in [7, 11) is -3.33. The molecule has 21 heavy (non-hydrogen) atoms. The standard InChI is InChI=1S/C14H22N2O3S2/c1-10(2)13(12-7-5-9-20-12)15-14(17)11-6-4-8-16(11)21(3,18)19/h5,7,9-11,13H,4,6,8H2,1-3H3,(H,15,17)/t11-,13-/m0/s1.